The third-order valence-corrected chi connectivity index (χ3v) is 3.43. The number of methoxy groups -OCH3 is 1. The number of rotatable bonds is 3. The summed E-state index contributed by atoms with van der Waals surface area (Å²) in [5, 5.41) is 3.00. The summed E-state index contributed by atoms with van der Waals surface area (Å²) in [6.07, 6.45) is 1.25. The van der Waals surface area contributed by atoms with E-state index in [1.807, 2.05) is 20.8 Å². The molecule has 1 N–H and O–H groups in total. The molecule has 0 radical (unpaired) electrons. The molecule has 0 bridgehead atoms. The molecule has 1 heterocycles. The molecule has 0 saturated carbocycles. The number of amides is 1. The Labute approximate surface area is 120 Å². The number of hydrogen-bond donors (Lipinski definition) is 1. The Morgan fingerprint density at radius 3 is 2.20 bits per heavy atom. The van der Waals surface area contributed by atoms with Crippen molar-refractivity contribution < 1.29 is 19.1 Å². The molecule has 1 aliphatic rings. The predicted molar refractivity (Wildman–Crippen MR) is 75.4 cm³/mol. The Morgan fingerprint density at radius 2 is 1.80 bits per heavy atom. The fourth-order valence-corrected chi connectivity index (χ4v) is 2.41. The second-order valence-electron chi connectivity index (χ2n) is 6.09. The highest BCUT2D eigenvalue weighted by Crippen LogP contribution is 2.23. The van der Waals surface area contributed by atoms with Gasteiger partial charge in [-0.2, -0.15) is 0 Å². The average Bonchev–Trinajstić information content (AvgIpc) is 2.38. The van der Waals surface area contributed by atoms with Crippen LogP contribution in [-0.2, 0) is 14.3 Å². The van der Waals surface area contributed by atoms with Gasteiger partial charge in [-0.3, -0.25) is 4.79 Å². The molecule has 0 spiro atoms. The third-order valence-electron chi connectivity index (χ3n) is 3.43. The molecular weight excluding hydrogens is 260 g/mol. The summed E-state index contributed by atoms with van der Waals surface area (Å²) in [5.74, 6) is -0.0608. The molecule has 116 valence electrons. The topological polar surface area (TPSA) is 67.9 Å². The molecule has 0 aromatic rings. The van der Waals surface area contributed by atoms with Crippen LogP contribution in [0.2, 0.25) is 0 Å². The summed E-state index contributed by atoms with van der Waals surface area (Å²) in [6, 6.07) is -0.305. The van der Waals surface area contributed by atoms with E-state index >= 15 is 0 Å². The van der Waals surface area contributed by atoms with Gasteiger partial charge in [-0.25, -0.2) is 4.79 Å². The van der Waals surface area contributed by atoms with Gasteiger partial charge in [-0.15, -0.1) is 0 Å². The molecule has 0 aromatic carbocycles. The molecule has 1 aliphatic heterocycles. The Morgan fingerprint density at radius 1 is 1.25 bits per heavy atom. The SMILES string of the molecule is CNC(C(=O)OC)C1CCN(C(=O)OC(C)(C)C)CC1. The molecule has 1 saturated heterocycles. The van der Waals surface area contributed by atoms with Crippen LogP contribution in [0.1, 0.15) is 33.6 Å². The lowest BCUT2D eigenvalue weighted by Crippen LogP contribution is -2.48. The molecule has 1 rings (SSSR count). The minimum absolute atomic E-state index is 0.186. The maximum absolute atomic E-state index is 11.9. The lowest BCUT2D eigenvalue weighted by Gasteiger charge is -2.35. The Hall–Kier alpha value is -1.30. The highest BCUT2D eigenvalue weighted by molar-refractivity contribution is 5.76. The van der Waals surface area contributed by atoms with Crippen LogP contribution in [0.25, 0.3) is 0 Å². The van der Waals surface area contributed by atoms with Crippen molar-refractivity contribution in [1.29, 1.82) is 0 Å². The van der Waals surface area contributed by atoms with Gasteiger partial charge in [-0.05, 0) is 46.6 Å². The molecule has 1 amide bonds. The van der Waals surface area contributed by atoms with Crippen LogP contribution in [0.5, 0.6) is 0 Å². The van der Waals surface area contributed by atoms with Gasteiger partial charge in [0, 0.05) is 13.1 Å². The third kappa shape index (κ3) is 4.67. The second-order valence-corrected chi connectivity index (χ2v) is 6.09. The molecule has 6 nitrogen and oxygen atoms in total. The number of likely N-dealkylation sites (N-methyl/N-ethyl adjacent to an activating group) is 1. The first-order valence-electron chi connectivity index (χ1n) is 7.01. The van der Waals surface area contributed by atoms with Crippen molar-refractivity contribution in [2.24, 2.45) is 5.92 Å². The molecule has 0 aromatic heterocycles. The Kier molecular flexibility index (Phi) is 5.80. The van der Waals surface area contributed by atoms with E-state index in [2.05, 4.69) is 5.32 Å². The number of ether oxygens (including phenoxy) is 2. The largest absolute Gasteiger partial charge is 0.468 e. The van der Waals surface area contributed by atoms with E-state index in [4.69, 9.17) is 9.47 Å². The molecule has 20 heavy (non-hydrogen) atoms. The molecular formula is C14H26N2O4. The summed E-state index contributed by atoms with van der Waals surface area (Å²) in [6.45, 7) is 6.77. The standard InChI is InChI=1S/C14H26N2O4/c1-14(2,3)20-13(18)16-8-6-10(7-9-16)11(15-4)12(17)19-5/h10-11,15H,6-9H2,1-5H3. The van der Waals surface area contributed by atoms with Crippen molar-refractivity contribution in [3.63, 3.8) is 0 Å². The zero-order chi connectivity index (χ0) is 15.3. The minimum Gasteiger partial charge on any atom is -0.468 e. The van der Waals surface area contributed by atoms with Gasteiger partial charge in [0.25, 0.3) is 0 Å². The van der Waals surface area contributed by atoms with Crippen molar-refractivity contribution in [2.45, 2.75) is 45.3 Å². The number of piperidine rings is 1. The predicted octanol–water partition coefficient (Wildman–Crippen LogP) is 1.39. The van der Waals surface area contributed by atoms with Gasteiger partial charge < -0.3 is 19.7 Å². The van der Waals surface area contributed by atoms with E-state index < -0.39 is 5.60 Å². The van der Waals surface area contributed by atoms with Gasteiger partial charge in [0.05, 0.1) is 7.11 Å². The summed E-state index contributed by atoms with van der Waals surface area (Å²) in [4.78, 5) is 25.3. The van der Waals surface area contributed by atoms with Crippen LogP contribution in [0.4, 0.5) is 4.79 Å². The molecule has 1 fully saturated rings. The van der Waals surface area contributed by atoms with Crippen molar-refractivity contribution in [3.05, 3.63) is 0 Å². The number of carbonyl (C=O) groups is 2. The molecule has 1 atom stereocenters. The van der Waals surface area contributed by atoms with Crippen LogP contribution < -0.4 is 5.32 Å². The summed E-state index contributed by atoms with van der Waals surface area (Å²) in [7, 11) is 3.14. The smallest absolute Gasteiger partial charge is 0.410 e. The lowest BCUT2D eigenvalue weighted by molar-refractivity contribution is -0.144. The van der Waals surface area contributed by atoms with Crippen LogP contribution in [0, 0.1) is 5.92 Å². The number of esters is 1. The molecule has 1 unspecified atom stereocenters. The van der Waals surface area contributed by atoms with Gasteiger partial charge in [0.15, 0.2) is 0 Å². The number of likely N-dealkylation sites (tertiary alicyclic amines) is 1. The first-order chi connectivity index (χ1) is 9.28. The van der Waals surface area contributed by atoms with E-state index in [0.29, 0.717) is 13.1 Å². The normalized spacial score (nSPS) is 18.6. The maximum atomic E-state index is 11.9. The van der Waals surface area contributed by atoms with E-state index in [0.717, 1.165) is 12.8 Å². The first kappa shape index (κ1) is 16.8. The fourth-order valence-electron chi connectivity index (χ4n) is 2.41. The first-order valence-corrected chi connectivity index (χ1v) is 7.01. The molecule has 0 aliphatic carbocycles. The highest BCUT2D eigenvalue weighted by Gasteiger charge is 2.33. The highest BCUT2D eigenvalue weighted by atomic mass is 16.6. The van der Waals surface area contributed by atoms with Crippen LogP contribution in [0.15, 0.2) is 0 Å². The number of hydrogen-bond acceptors (Lipinski definition) is 5. The fraction of sp³-hybridized carbons (Fsp3) is 0.857. The van der Waals surface area contributed by atoms with Crippen LogP contribution >= 0.6 is 0 Å². The van der Waals surface area contributed by atoms with Gasteiger partial charge >= 0.3 is 12.1 Å². The number of nitrogens with zero attached hydrogens (tertiary/aromatic N) is 1. The number of nitrogens with one attached hydrogen (secondary N) is 1. The average molecular weight is 286 g/mol. The quantitative estimate of drug-likeness (QED) is 0.794. The van der Waals surface area contributed by atoms with Crippen molar-refractivity contribution in [1.82, 2.24) is 10.2 Å². The Bertz CT molecular complexity index is 344. The maximum Gasteiger partial charge on any atom is 0.410 e. The second kappa shape index (κ2) is 6.92. The summed E-state index contributed by atoms with van der Waals surface area (Å²) < 4.78 is 10.1. The zero-order valence-electron chi connectivity index (χ0n) is 13.1. The summed E-state index contributed by atoms with van der Waals surface area (Å²) >= 11 is 0. The van der Waals surface area contributed by atoms with Gasteiger partial charge in [0.2, 0.25) is 0 Å². The van der Waals surface area contributed by atoms with Gasteiger partial charge in [0.1, 0.15) is 11.6 Å². The number of carbonyl (C=O) groups excluding carboxylic acids is 2. The van der Waals surface area contributed by atoms with E-state index in [-0.39, 0.29) is 24.0 Å². The lowest BCUT2D eigenvalue weighted by atomic mass is 9.89. The van der Waals surface area contributed by atoms with E-state index in [1.165, 1.54) is 7.11 Å². The van der Waals surface area contributed by atoms with Crippen LogP contribution in [-0.4, -0.2) is 55.9 Å². The van der Waals surface area contributed by atoms with E-state index in [9.17, 15) is 9.59 Å². The monoisotopic (exact) mass is 286 g/mol. The molecule has 6 heteroatoms. The Balaban J connectivity index is 2.51. The van der Waals surface area contributed by atoms with Crippen LogP contribution in [0.3, 0.4) is 0 Å². The zero-order valence-corrected chi connectivity index (χ0v) is 13.1. The van der Waals surface area contributed by atoms with Crippen molar-refractivity contribution in [2.75, 3.05) is 27.2 Å². The van der Waals surface area contributed by atoms with Gasteiger partial charge in [-0.1, -0.05) is 0 Å². The van der Waals surface area contributed by atoms with Crippen molar-refractivity contribution >= 4 is 12.1 Å². The summed E-state index contributed by atoms with van der Waals surface area (Å²) in [5.41, 5.74) is -0.479. The minimum atomic E-state index is -0.479. The van der Waals surface area contributed by atoms with Crippen molar-refractivity contribution in [3.8, 4) is 0 Å². The van der Waals surface area contributed by atoms with E-state index in [1.54, 1.807) is 11.9 Å².